The molecule has 0 saturated heterocycles. The molecular weight excluding hydrogens is 261 g/mol. The third-order valence-electron chi connectivity index (χ3n) is 2.52. The zero-order chi connectivity index (χ0) is 12.7. The molecule has 1 unspecified atom stereocenters. The number of cyclic esters (lactones) is 1. The average molecular weight is 272 g/mol. The molecule has 5 heteroatoms. The van der Waals surface area contributed by atoms with Gasteiger partial charge in [0.1, 0.15) is 0 Å². The summed E-state index contributed by atoms with van der Waals surface area (Å²) < 4.78 is 5.08. The smallest absolute Gasteiger partial charge is 0.358 e. The molecule has 1 aromatic carbocycles. The lowest BCUT2D eigenvalue weighted by molar-refractivity contribution is -0.136. The van der Waals surface area contributed by atoms with E-state index in [1.807, 2.05) is 18.2 Å². The second-order valence-corrected chi connectivity index (χ2v) is 5.76. The number of nitrogens with zero attached hydrogens (tertiary/aromatic N) is 1. The summed E-state index contributed by atoms with van der Waals surface area (Å²) in [5, 5.41) is 0. The second-order valence-electron chi connectivity index (χ2n) is 4.27. The fraction of sp³-hybridized carbons (Fsp3) is 0.333. The molecule has 0 amide bonds. The lowest BCUT2D eigenvalue weighted by Crippen LogP contribution is -2.44. The van der Waals surface area contributed by atoms with Crippen LogP contribution in [0.5, 0.6) is 0 Å². The quantitative estimate of drug-likeness (QED) is 0.471. The van der Waals surface area contributed by atoms with Crippen molar-refractivity contribution in [1.82, 2.24) is 0 Å². The molecule has 2 rings (SSSR count). The van der Waals surface area contributed by atoms with Gasteiger partial charge in [0.15, 0.2) is 0 Å². The SMILES string of the molecule is CC(C)(Cl)C1(Cl)N=C(c2ccccc2)OC1=O. The number of aliphatic imine (C=N–C) groups is 1. The van der Waals surface area contributed by atoms with Gasteiger partial charge in [-0.05, 0) is 26.0 Å². The number of rotatable bonds is 2. The van der Waals surface area contributed by atoms with Crippen LogP contribution in [0.25, 0.3) is 0 Å². The van der Waals surface area contributed by atoms with E-state index in [4.69, 9.17) is 27.9 Å². The number of halogens is 2. The van der Waals surface area contributed by atoms with E-state index in [-0.39, 0.29) is 5.90 Å². The van der Waals surface area contributed by atoms with E-state index >= 15 is 0 Å². The maximum absolute atomic E-state index is 11.8. The van der Waals surface area contributed by atoms with Gasteiger partial charge in [-0.15, -0.1) is 11.6 Å². The average Bonchev–Trinajstić information content (AvgIpc) is 2.57. The fourth-order valence-corrected chi connectivity index (χ4v) is 1.68. The third kappa shape index (κ3) is 2.05. The summed E-state index contributed by atoms with van der Waals surface area (Å²) in [6.45, 7) is 3.25. The summed E-state index contributed by atoms with van der Waals surface area (Å²) in [4.78, 5) is 13.3. The van der Waals surface area contributed by atoms with Crippen LogP contribution in [0.4, 0.5) is 0 Å². The van der Waals surface area contributed by atoms with Gasteiger partial charge in [-0.3, -0.25) is 0 Å². The molecule has 0 saturated carbocycles. The molecule has 3 nitrogen and oxygen atoms in total. The molecule has 0 aromatic heterocycles. The Balaban J connectivity index is 2.42. The van der Waals surface area contributed by atoms with Gasteiger partial charge in [-0.25, -0.2) is 9.79 Å². The van der Waals surface area contributed by atoms with Crippen molar-refractivity contribution >= 4 is 35.1 Å². The highest BCUT2D eigenvalue weighted by molar-refractivity contribution is 6.44. The minimum absolute atomic E-state index is 0.208. The number of carbonyl (C=O) groups is 1. The molecule has 1 aromatic rings. The van der Waals surface area contributed by atoms with Gasteiger partial charge < -0.3 is 4.74 Å². The zero-order valence-electron chi connectivity index (χ0n) is 9.41. The van der Waals surface area contributed by atoms with Crippen LogP contribution >= 0.6 is 23.2 Å². The highest BCUT2D eigenvalue weighted by Crippen LogP contribution is 2.41. The molecule has 1 aliphatic rings. The number of esters is 1. The van der Waals surface area contributed by atoms with Crippen molar-refractivity contribution in [2.24, 2.45) is 4.99 Å². The van der Waals surface area contributed by atoms with Crippen LogP contribution < -0.4 is 0 Å². The molecule has 0 aliphatic carbocycles. The van der Waals surface area contributed by atoms with Crippen molar-refractivity contribution < 1.29 is 9.53 Å². The molecule has 0 bridgehead atoms. The van der Waals surface area contributed by atoms with E-state index in [9.17, 15) is 4.79 Å². The highest BCUT2D eigenvalue weighted by Gasteiger charge is 2.55. The third-order valence-corrected chi connectivity index (χ3v) is 3.61. The first-order valence-corrected chi connectivity index (χ1v) is 5.85. The van der Waals surface area contributed by atoms with Crippen molar-refractivity contribution in [3.63, 3.8) is 0 Å². The first-order chi connectivity index (χ1) is 7.84. The number of benzene rings is 1. The normalized spacial score (nSPS) is 24.5. The number of alkyl halides is 2. The van der Waals surface area contributed by atoms with E-state index in [0.717, 1.165) is 0 Å². The van der Waals surface area contributed by atoms with Crippen LogP contribution in [-0.4, -0.2) is 21.7 Å². The van der Waals surface area contributed by atoms with E-state index in [1.165, 1.54) is 0 Å². The monoisotopic (exact) mass is 271 g/mol. The van der Waals surface area contributed by atoms with Crippen LogP contribution in [-0.2, 0) is 9.53 Å². The number of hydrogen-bond donors (Lipinski definition) is 0. The number of hydrogen-bond acceptors (Lipinski definition) is 3. The molecule has 17 heavy (non-hydrogen) atoms. The summed E-state index contributed by atoms with van der Waals surface area (Å²) in [6.07, 6.45) is 0. The zero-order valence-corrected chi connectivity index (χ0v) is 10.9. The Morgan fingerprint density at radius 1 is 1.29 bits per heavy atom. The van der Waals surface area contributed by atoms with E-state index < -0.39 is 15.8 Å². The Bertz CT molecular complexity index is 479. The maximum Gasteiger partial charge on any atom is 0.358 e. The molecule has 90 valence electrons. The Labute approximate surface area is 109 Å². The summed E-state index contributed by atoms with van der Waals surface area (Å²) in [6, 6.07) is 9.09. The second kappa shape index (κ2) is 4.00. The first kappa shape index (κ1) is 12.4. The molecule has 1 atom stereocenters. The molecule has 1 heterocycles. The summed E-state index contributed by atoms with van der Waals surface area (Å²) in [5.74, 6) is -0.433. The van der Waals surface area contributed by atoms with Crippen LogP contribution in [0.1, 0.15) is 19.4 Å². The predicted octanol–water partition coefficient (Wildman–Crippen LogP) is 2.94. The molecule has 1 aliphatic heterocycles. The van der Waals surface area contributed by atoms with Crippen LogP contribution in [0.2, 0.25) is 0 Å². The van der Waals surface area contributed by atoms with E-state index in [1.54, 1.807) is 26.0 Å². The van der Waals surface area contributed by atoms with Crippen LogP contribution in [0.3, 0.4) is 0 Å². The minimum atomic E-state index is -1.57. The summed E-state index contributed by atoms with van der Waals surface area (Å²) >= 11 is 12.2. The molecule has 0 radical (unpaired) electrons. The van der Waals surface area contributed by atoms with Crippen molar-refractivity contribution in [2.75, 3.05) is 0 Å². The van der Waals surface area contributed by atoms with Crippen LogP contribution in [0.15, 0.2) is 35.3 Å². The van der Waals surface area contributed by atoms with Crippen molar-refractivity contribution in [3.8, 4) is 0 Å². The van der Waals surface area contributed by atoms with Crippen molar-refractivity contribution in [3.05, 3.63) is 35.9 Å². The van der Waals surface area contributed by atoms with Gasteiger partial charge in [0.05, 0.1) is 4.87 Å². The van der Waals surface area contributed by atoms with Gasteiger partial charge in [-0.2, -0.15) is 0 Å². The first-order valence-electron chi connectivity index (χ1n) is 5.10. The lowest BCUT2D eigenvalue weighted by Gasteiger charge is -2.26. The number of carbonyl (C=O) groups excluding carboxylic acids is 1. The molecule has 0 fully saturated rings. The van der Waals surface area contributed by atoms with Crippen molar-refractivity contribution in [2.45, 2.75) is 23.7 Å². The van der Waals surface area contributed by atoms with E-state index in [2.05, 4.69) is 4.99 Å². The molecular formula is C12H11Cl2NO2. The van der Waals surface area contributed by atoms with Gasteiger partial charge in [0.25, 0.3) is 5.00 Å². The van der Waals surface area contributed by atoms with Gasteiger partial charge >= 0.3 is 5.97 Å². The molecule has 0 N–H and O–H groups in total. The van der Waals surface area contributed by atoms with Gasteiger partial charge in [-0.1, -0.05) is 29.8 Å². The largest absolute Gasteiger partial charge is 0.404 e. The summed E-state index contributed by atoms with van der Waals surface area (Å²) in [5.41, 5.74) is 0.698. The Morgan fingerprint density at radius 2 is 1.88 bits per heavy atom. The maximum atomic E-state index is 11.8. The van der Waals surface area contributed by atoms with E-state index in [0.29, 0.717) is 5.56 Å². The number of ether oxygens (including phenoxy) is 1. The Morgan fingerprint density at radius 3 is 2.35 bits per heavy atom. The Hall–Kier alpha value is -1.06. The fourth-order valence-electron chi connectivity index (χ4n) is 1.44. The topological polar surface area (TPSA) is 38.7 Å². The van der Waals surface area contributed by atoms with Crippen molar-refractivity contribution in [1.29, 1.82) is 0 Å². The standard InChI is InChI=1S/C12H11Cl2NO2/c1-11(2,13)12(14)10(16)17-9(15-12)8-6-4-3-5-7-8/h3-7H,1-2H3. The molecule has 0 spiro atoms. The Kier molecular flexibility index (Phi) is 2.92. The lowest BCUT2D eigenvalue weighted by atomic mass is 10.0. The minimum Gasteiger partial charge on any atom is -0.404 e. The summed E-state index contributed by atoms with van der Waals surface area (Å²) in [7, 11) is 0. The predicted molar refractivity (Wildman–Crippen MR) is 67.6 cm³/mol. The van der Waals surface area contributed by atoms with Gasteiger partial charge in [0, 0.05) is 5.56 Å². The van der Waals surface area contributed by atoms with Gasteiger partial charge in [0.2, 0.25) is 5.90 Å². The highest BCUT2D eigenvalue weighted by atomic mass is 35.5. The van der Waals surface area contributed by atoms with Crippen LogP contribution in [0, 0.1) is 0 Å².